The second-order valence-electron chi connectivity index (χ2n) is 3.83. The van der Waals surface area contributed by atoms with Gasteiger partial charge >= 0.3 is 0 Å². The van der Waals surface area contributed by atoms with Crippen molar-refractivity contribution in [3.8, 4) is 0 Å². The van der Waals surface area contributed by atoms with Crippen molar-refractivity contribution in [2.75, 3.05) is 6.54 Å². The number of benzene rings is 1. The van der Waals surface area contributed by atoms with Crippen LogP contribution in [-0.4, -0.2) is 11.5 Å². The first-order chi connectivity index (χ1) is 7.72. The van der Waals surface area contributed by atoms with Gasteiger partial charge in [-0.3, -0.25) is 0 Å². The number of nitrogens with one attached hydrogen (secondary N) is 1. The summed E-state index contributed by atoms with van der Waals surface area (Å²) in [5.74, 6) is 0. The first-order valence-corrected chi connectivity index (χ1v) is 6.30. The summed E-state index contributed by atoms with van der Waals surface area (Å²) in [5.41, 5.74) is 2.12. The summed E-state index contributed by atoms with van der Waals surface area (Å²) in [6, 6.07) is 10.6. The molecule has 1 heterocycles. The zero-order chi connectivity index (χ0) is 11.5. The number of halogens is 1. The van der Waals surface area contributed by atoms with Crippen molar-refractivity contribution in [2.24, 2.45) is 0 Å². The van der Waals surface area contributed by atoms with Crippen molar-refractivity contribution in [3.63, 3.8) is 0 Å². The fraction of sp³-hybridized carbons (Fsp3) is 0.308. The summed E-state index contributed by atoms with van der Waals surface area (Å²) in [4.78, 5) is 4.68. The average molecular weight is 279 g/mol. The van der Waals surface area contributed by atoms with Crippen molar-refractivity contribution >= 4 is 26.8 Å². The van der Waals surface area contributed by atoms with E-state index < -0.39 is 0 Å². The van der Waals surface area contributed by atoms with Crippen LogP contribution in [0.2, 0.25) is 0 Å². The lowest BCUT2D eigenvalue weighted by Gasteiger charge is -2.14. The predicted octanol–water partition coefficient (Wildman–Crippen LogP) is 3.67. The molecule has 1 aromatic carbocycles. The van der Waals surface area contributed by atoms with Crippen molar-refractivity contribution < 1.29 is 0 Å². The number of hydrogen-bond donors (Lipinski definition) is 1. The fourth-order valence-electron chi connectivity index (χ4n) is 1.81. The van der Waals surface area contributed by atoms with E-state index in [4.69, 9.17) is 0 Å². The van der Waals surface area contributed by atoms with Gasteiger partial charge in [0.05, 0.1) is 11.2 Å². The van der Waals surface area contributed by atoms with Crippen LogP contribution < -0.4 is 5.32 Å². The van der Waals surface area contributed by atoms with E-state index in [1.807, 2.05) is 18.2 Å². The minimum absolute atomic E-state index is 0.268. The van der Waals surface area contributed by atoms with Crippen LogP contribution in [0.15, 0.2) is 34.8 Å². The van der Waals surface area contributed by atoms with Gasteiger partial charge in [0.1, 0.15) is 0 Å². The van der Waals surface area contributed by atoms with Crippen molar-refractivity contribution in [3.05, 3.63) is 40.5 Å². The molecule has 16 heavy (non-hydrogen) atoms. The predicted molar refractivity (Wildman–Crippen MR) is 71.5 cm³/mol. The molecule has 1 unspecified atom stereocenters. The van der Waals surface area contributed by atoms with Gasteiger partial charge in [0.2, 0.25) is 0 Å². The lowest BCUT2D eigenvalue weighted by molar-refractivity contribution is 0.583. The molecule has 0 aliphatic rings. The van der Waals surface area contributed by atoms with Gasteiger partial charge in [-0.25, -0.2) is 4.98 Å². The molecule has 1 aromatic heterocycles. The maximum Gasteiger partial charge on any atom is 0.0719 e. The molecule has 0 saturated heterocycles. The first kappa shape index (κ1) is 11.6. The van der Waals surface area contributed by atoms with Crippen LogP contribution in [0.1, 0.15) is 25.6 Å². The SMILES string of the molecule is CCNC(C)c1nc2ccccc2cc1Br. The third-order valence-electron chi connectivity index (χ3n) is 2.63. The molecule has 0 aliphatic heterocycles. The van der Waals surface area contributed by atoms with Gasteiger partial charge in [0.25, 0.3) is 0 Å². The zero-order valence-corrected chi connectivity index (χ0v) is 11.1. The normalized spacial score (nSPS) is 12.9. The van der Waals surface area contributed by atoms with Gasteiger partial charge in [-0.1, -0.05) is 25.1 Å². The highest BCUT2D eigenvalue weighted by Gasteiger charge is 2.10. The fourth-order valence-corrected chi connectivity index (χ4v) is 2.49. The Labute approximate surface area is 104 Å². The van der Waals surface area contributed by atoms with Gasteiger partial charge in [-0.05, 0) is 41.5 Å². The Morgan fingerprint density at radius 2 is 2.12 bits per heavy atom. The number of rotatable bonds is 3. The van der Waals surface area contributed by atoms with Crippen LogP contribution in [-0.2, 0) is 0 Å². The van der Waals surface area contributed by atoms with Crippen molar-refractivity contribution in [1.82, 2.24) is 10.3 Å². The standard InChI is InChI=1S/C13H15BrN2/c1-3-15-9(2)13-11(14)8-10-6-4-5-7-12(10)16-13/h4-9,15H,3H2,1-2H3. The molecule has 0 aliphatic carbocycles. The highest BCUT2D eigenvalue weighted by atomic mass is 79.9. The minimum atomic E-state index is 0.268. The number of hydrogen-bond acceptors (Lipinski definition) is 2. The monoisotopic (exact) mass is 278 g/mol. The molecule has 0 spiro atoms. The van der Waals surface area contributed by atoms with Crippen LogP contribution >= 0.6 is 15.9 Å². The van der Waals surface area contributed by atoms with Crippen LogP contribution in [0.4, 0.5) is 0 Å². The number of para-hydroxylation sites is 1. The van der Waals surface area contributed by atoms with Crippen LogP contribution in [0.3, 0.4) is 0 Å². The second-order valence-corrected chi connectivity index (χ2v) is 4.68. The van der Waals surface area contributed by atoms with E-state index in [0.717, 1.165) is 22.2 Å². The Balaban J connectivity index is 2.49. The molecule has 3 heteroatoms. The van der Waals surface area contributed by atoms with Gasteiger partial charge in [-0.15, -0.1) is 0 Å². The minimum Gasteiger partial charge on any atom is -0.309 e. The smallest absolute Gasteiger partial charge is 0.0719 e. The molecule has 2 rings (SSSR count). The quantitative estimate of drug-likeness (QED) is 0.927. The summed E-state index contributed by atoms with van der Waals surface area (Å²) < 4.78 is 1.07. The number of pyridine rings is 1. The molecule has 0 amide bonds. The maximum atomic E-state index is 4.68. The number of fused-ring (bicyclic) bond motifs is 1. The van der Waals surface area contributed by atoms with Gasteiger partial charge < -0.3 is 5.32 Å². The molecule has 2 aromatic rings. The molecule has 0 bridgehead atoms. The van der Waals surface area contributed by atoms with Gasteiger partial charge in [0.15, 0.2) is 0 Å². The van der Waals surface area contributed by atoms with E-state index in [2.05, 4.69) is 52.2 Å². The second kappa shape index (κ2) is 4.93. The molecule has 84 valence electrons. The molecule has 1 atom stereocenters. The highest BCUT2D eigenvalue weighted by Crippen LogP contribution is 2.25. The zero-order valence-electron chi connectivity index (χ0n) is 9.50. The summed E-state index contributed by atoms with van der Waals surface area (Å²) in [5, 5.41) is 4.54. The van der Waals surface area contributed by atoms with Crippen molar-refractivity contribution in [2.45, 2.75) is 19.9 Å². The van der Waals surface area contributed by atoms with Crippen LogP contribution in [0.25, 0.3) is 10.9 Å². The van der Waals surface area contributed by atoms with Crippen LogP contribution in [0, 0.1) is 0 Å². The summed E-state index contributed by atoms with van der Waals surface area (Å²) >= 11 is 3.59. The molecule has 0 fully saturated rings. The highest BCUT2D eigenvalue weighted by molar-refractivity contribution is 9.10. The van der Waals surface area contributed by atoms with E-state index in [0.29, 0.717) is 0 Å². The van der Waals surface area contributed by atoms with Gasteiger partial charge in [0, 0.05) is 15.9 Å². The number of aromatic nitrogens is 1. The molecule has 2 nitrogen and oxygen atoms in total. The largest absolute Gasteiger partial charge is 0.309 e. The Kier molecular flexibility index (Phi) is 3.56. The molecule has 0 saturated carbocycles. The Morgan fingerprint density at radius 1 is 1.38 bits per heavy atom. The molecular formula is C13H15BrN2. The third kappa shape index (κ3) is 2.25. The topological polar surface area (TPSA) is 24.9 Å². The van der Waals surface area contributed by atoms with Crippen molar-refractivity contribution in [1.29, 1.82) is 0 Å². The molecule has 0 radical (unpaired) electrons. The lowest BCUT2D eigenvalue weighted by Crippen LogP contribution is -2.19. The summed E-state index contributed by atoms with van der Waals surface area (Å²) in [6.45, 7) is 5.18. The van der Waals surface area contributed by atoms with Crippen LogP contribution in [0.5, 0.6) is 0 Å². The molecule has 1 N–H and O–H groups in total. The third-order valence-corrected chi connectivity index (χ3v) is 3.26. The van der Waals surface area contributed by atoms with E-state index >= 15 is 0 Å². The summed E-state index contributed by atoms with van der Waals surface area (Å²) in [7, 11) is 0. The maximum absolute atomic E-state index is 4.68. The Morgan fingerprint density at radius 3 is 2.88 bits per heavy atom. The lowest BCUT2D eigenvalue weighted by atomic mass is 10.1. The van der Waals surface area contributed by atoms with E-state index in [-0.39, 0.29) is 6.04 Å². The van der Waals surface area contributed by atoms with E-state index in [1.54, 1.807) is 0 Å². The average Bonchev–Trinajstić information content (AvgIpc) is 2.28. The first-order valence-electron chi connectivity index (χ1n) is 5.51. The summed E-state index contributed by atoms with van der Waals surface area (Å²) in [6.07, 6.45) is 0. The van der Waals surface area contributed by atoms with E-state index in [1.165, 1.54) is 5.39 Å². The van der Waals surface area contributed by atoms with Gasteiger partial charge in [-0.2, -0.15) is 0 Å². The van der Waals surface area contributed by atoms with E-state index in [9.17, 15) is 0 Å². The number of nitrogens with zero attached hydrogens (tertiary/aromatic N) is 1. The molecular weight excluding hydrogens is 264 g/mol. The Hall–Kier alpha value is -0.930. The Bertz CT molecular complexity index is 496.